The first-order valence-electron chi connectivity index (χ1n) is 8.68. The second-order valence-electron chi connectivity index (χ2n) is 6.76. The van der Waals surface area contributed by atoms with Crippen LogP contribution < -0.4 is 5.32 Å². The maximum absolute atomic E-state index is 13.0. The molecule has 1 amide bonds. The van der Waals surface area contributed by atoms with Gasteiger partial charge in [0.1, 0.15) is 0 Å². The van der Waals surface area contributed by atoms with E-state index in [1.54, 1.807) is 18.2 Å². The smallest absolute Gasteiger partial charge is 0.255 e. The molecule has 3 nitrogen and oxygen atoms in total. The molecular formula is C21H22Cl2N2O. The number of likely N-dealkylation sites (N-methyl/N-ethyl adjacent to an activating group) is 1. The number of allylic oxidation sites excluding steroid dienone is 1. The van der Waals surface area contributed by atoms with Crippen LogP contribution in [-0.2, 0) is 0 Å². The number of nitrogens with zero attached hydrogens (tertiary/aromatic N) is 1. The first-order chi connectivity index (χ1) is 12.5. The maximum Gasteiger partial charge on any atom is 0.255 e. The minimum absolute atomic E-state index is 0.256. The lowest BCUT2D eigenvalue weighted by Crippen LogP contribution is -2.38. The number of rotatable bonds is 4. The molecule has 0 fully saturated rings. The quantitative estimate of drug-likeness (QED) is 0.768. The number of nitrogens with one attached hydrogen (secondary N) is 1. The van der Waals surface area contributed by atoms with Crippen molar-refractivity contribution in [2.45, 2.75) is 19.4 Å². The van der Waals surface area contributed by atoms with Crippen LogP contribution in [0, 0.1) is 5.92 Å². The van der Waals surface area contributed by atoms with Gasteiger partial charge in [-0.1, -0.05) is 72.6 Å². The van der Waals surface area contributed by atoms with E-state index in [9.17, 15) is 4.79 Å². The van der Waals surface area contributed by atoms with Gasteiger partial charge in [0.25, 0.3) is 5.91 Å². The third-order valence-corrected chi connectivity index (χ3v) is 5.28. The number of amides is 1. The summed E-state index contributed by atoms with van der Waals surface area (Å²) in [6.45, 7) is 3.18. The lowest BCUT2D eigenvalue weighted by molar-refractivity contribution is 0.0936. The summed E-state index contributed by atoms with van der Waals surface area (Å²) in [7, 11) is 2.06. The SMILES string of the molecule is CC1CC=C(C(NC(=O)c2c(Cl)cccc2Cl)c2ccccc2)N(C)C1. The molecule has 0 radical (unpaired) electrons. The number of hydrogen-bond acceptors (Lipinski definition) is 2. The van der Waals surface area contributed by atoms with Crippen molar-refractivity contribution >= 4 is 29.1 Å². The fourth-order valence-corrected chi connectivity index (χ4v) is 3.92. The van der Waals surface area contributed by atoms with E-state index in [4.69, 9.17) is 23.2 Å². The maximum atomic E-state index is 13.0. The highest BCUT2D eigenvalue weighted by Crippen LogP contribution is 2.31. The van der Waals surface area contributed by atoms with Gasteiger partial charge in [-0.05, 0) is 30.0 Å². The van der Waals surface area contributed by atoms with Gasteiger partial charge in [-0.3, -0.25) is 4.79 Å². The number of halogens is 2. The minimum atomic E-state index is -0.276. The van der Waals surface area contributed by atoms with Gasteiger partial charge in [0, 0.05) is 19.3 Å². The highest BCUT2D eigenvalue weighted by molar-refractivity contribution is 6.39. The van der Waals surface area contributed by atoms with Crippen LogP contribution in [-0.4, -0.2) is 24.4 Å². The summed E-state index contributed by atoms with van der Waals surface area (Å²) >= 11 is 12.4. The zero-order valence-corrected chi connectivity index (χ0v) is 16.4. The monoisotopic (exact) mass is 388 g/mol. The van der Waals surface area contributed by atoms with Gasteiger partial charge < -0.3 is 10.2 Å². The van der Waals surface area contributed by atoms with E-state index in [1.165, 1.54) is 0 Å². The molecule has 5 heteroatoms. The molecule has 26 heavy (non-hydrogen) atoms. The normalized spacial score (nSPS) is 18.2. The summed E-state index contributed by atoms with van der Waals surface area (Å²) in [5, 5.41) is 3.83. The summed E-state index contributed by atoms with van der Waals surface area (Å²) in [6.07, 6.45) is 3.20. The largest absolute Gasteiger partial charge is 0.376 e. The molecule has 136 valence electrons. The Morgan fingerprint density at radius 2 is 1.77 bits per heavy atom. The van der Waals surface area contributed by atoms with E-state index in [0.717, 1.165) is 24.2 Å². The van der Waals surface area contributed by atoms with Crippen LogP contribution >= 0.6 is 23.2 Å². The number of benzene rings is 2. The molecule has 0 saturated carbocycles. The van der Waals surface area contributed by atoms with Gasteiger partial charge in [-0.2, -0.15) is 0 Å². The molecule has 0 bridgehead atoms. The van der Waals surface area contributed by atoms with Crippen molar-refractivity contribution in [3.05, 3.63) is 81.5 Å². The number of carbonyl (C=O) groups excluding carboxylic acids is 1. The zero-order valence-electron chi connectivity index (χ0n) is 14.9. The summed E-state index contributed by atoms with van der Waals surface area (Å²) in [4.78, 5) is 15.2. The Morgan fingerprint density at radius 3 is 2.38 bits per heavy atom. The van der Waals surface area contributed by atoms with E-state index in [0.29, 0.717) is 21.5 Å². The molecule has 1 aliphatic heterocycles. The van der Waals surface area contributed by atoms with Crippen molar-refractivity contribution in [2.24, 2.45) is 5.92 Å². The lowest BCUT2D eigenvalue weighted by atomic mass is 9.95. The minimum Gasteiger partial charge on any atom is -0.376 e. The van der Waals surface area contributed by atoms with Crippen LogP contribution in [0.5, 0.6) is 0 Å². The molecule has 0 aliphatic carbocycles. The third kappa shape index (κ3) is 4.05. The zero-order chi connectivity index (χ0) is 18.7. The average molecular weight is 389 g/mol. The van der Waals surface area contributed by atoms with Crippen molar-refractivity contribution in [3.8, 4) is 0 Å². The Labute approximate surface area is 164 Å². The Kier molecular flexibility index (Phi) is 5.90. The molecule has 0 spiro atoms. The summed E-state index contributed by atoms with van der Waals surface area (Å²) in [5.74, 6) is 0.316. The predicted molar refractivity (Wildman–Crippen MR) is 108 cm³/mol. The first kappa shape index (κ1) is 18.8. The van der Waals surface area contributed by atoms with Crippen LogP contribution in [0.25, 0.3) is 0 Å². The molecule has 2 aromatic rings. The summed E-state index contributed by atoms with van der Waals surface area (Å²) in [6, 6.07) is 14.8. The average Bonchev–Trinajstić information content (AvgIpc) is 2.61. The van der Waals surface area contributed by atoms with E-state index in [1.807, 2.05) is 30.3 Å². The Balaban J connectivity index is 1.96. The van der Waals surface area contributed by atoms with Gasteiger partial charge in [-0.15, -0.1) is 0 Å². The van der Waals surface area contributed by atoms with Crippen LogP contribution in [0.1, 0.15) is 35.3 Å². The predicted octanol–water partition coefficient (Wildman–Crippen LogP) is 5.32. The molecule has 2 aromatic carbocycles. The Morgan fingerprint density at radius 1 is 1.12 bits per heavy atom. The second kappa shape index (κ2) is 8.15. The van der Waals surface area contributed by atoms with Gasteiger partial charge in [0.05, 0.1) is 21.7 Å². The van der Waals surface area contributed by atoms with Crippen LogP contribution in [0.2, 0.25) is 10.0 Å². The first-order valence-corrected chi connectivity index (χ1v) is 9.44. The van der Waals surface area contributed by atoms with E-state index < -0.39 is 0 Å². The van der Waals surface area contributed by atoms with E-state index >= 15 is 0 Å². The van der Waals surface area contributed by atoms with Crippen LogP contribution in [0.4, 0.5) is 0 Å². The Bertz CT molecular complexity index is 800. The van der Waals surface area contributed by atoms with Crippen molar-refractivity contribution in [3.63, 3.8) is 0 Å². The standard InChI is InChI=1S/C21H22Cl2N2O/c1-14-11-12-18(25(2)13-14)20(15-7-4-3-5-8-15)24-21(26)19-16(22)9-6-10-17(19)23/h3-10,12,14,20H,11,13H2,1-2H3,(H,24,26). The molecule has 0 aromatic heterocycles. The van der Waals surface area contributed by atoms with Gasteiger partial charge in [0.2, 0.25) is 0 Å². The van der Waals surface area contributed by atoms with Crippen molar-refractivity contribution in [2.75, 3.05) is 13.6 Å². The topological polar surface area (TPSA) is 32.3 Å². The lowest BCUT2D eigenvalue weighted by Gasteiger charge is -2.35. The third-order valence-electron chi connectivity index (χ3n) is 4.65. The molecule has 3 rings (SSSR count). The highest BCUT2D eigenvalue weighted by atomic mass is 35.5. The molecule has 1 heterocycles. The van der Waals surface area contributed by atoms with Crippen molar-refractivity contribution in [1.82, 2.24) is 10.2 Å². The summed E-state index contributed by atoms with van der Waals surface area (Å²) < 4.78 is 0. The fourth-order valence-electron chi connectivity index (χ4n) is 3.35. The highest BCUT2D eigenvalue weighted by Gasteiger charge is 2.27. The number of carbonyl (C=O) groups is 1. The second-order valence-corrected chi connectivity index (χ2v) is 7.58. The van der Waals surface area contributed by atoms with E-state index in [-0.39, 0.29) is 11.9 Å². The van der Waals surface area contributed by atoms with Crippen molar-refractivity contribution in [1.29, 1.82) is 0 Å². The molecular weight excluding hydrogens is 367 g/mol. The number of hydrogen-bond donors (Lipinski definition) is 1. The summed E-state index contributed by atoms with van der Waals surface area (Å²) in [5.41, 5.74) is 2.42. The van der Waals surface area contributed by atoms with Gasteiger partial charge >= 0.3 is 0 Å². The van der Waals surface area contributed by atoms with Crippen LogP contribution in [0.3, 0.4) is 0 Å². The van der Waals surface area contributed by atoms with Gasteiger partial charge in [-0.25, -0.2) is 0 Å². The van der Waals surface area contributed by atoms with Gasteiger partial charge in [0.15, 0.2) is 0 Å². The van der Waals surface area contributed by atoms with E-state index in [2.05, 4.69) is 30.3 Å². The molecule has 0 saturated heterocycles. The fraction of sp³-hybridized carbons (Fsp3) is 0.286. The Hall–Kier alpha value is -1.97. The molecule has 1 aliphatic rings. The molecule has 1 N–H and O–H groups in total. The van der Waals surface area contributed by atoms with Crippen molar-refractivity contribution < 1.29 is 4.79 Å². The molecule has 2 atom stereocenters. The van der Waals surface area contributed by atoms with Crippen LogP contribution in [0.15, 0.2) is 60.3 Å². The molecule has 2 unspecified atom stereocenters.